The molecule has 19 heavy (non-hydrogen) atoms. The topological polar surface area (TPSA) is 38.4 Å². The summed E-state index contributed by atoms with van der Waals surface area (Å²) in [7, 11) is 1.78. The van der Waals surface area contributed by atoms with E-state index in [4.69, 9.17) is 5.73 Å². The Balaban J connectivity index is 2.35. The Morgan fingerprint density at radius 2 is 1.68 bits per heavy atom. The molecule has 2 aromatic rings. The van der Waals surface area contributed by atoms with Crippen LogP contribution in [0, 0.1) is 6.92 Å². The largest absolute Gasteiger partial charge is 0.398 e. The minimum Gasteiger partial charge on any atom is -0.398 e. The Morgan fingerprint density at radius 1 is 1.00 bits per heavy atom. The molecule has 0 amide bonds. The van der Waals surface area contributed by atoms with Gasteiger partial charge in [0.25, 0.3) is 0 Å². The van der Waals surface area contributed by atoms with Crippen LogP contribution in [0.2, 0.25) is 0 Å². The average molecular weight is 250 g/mol. The summed E-state index contributed by atoms with van der Waals surface area (Å²) in [4.78, 5) is 4.33. The molecule has 0 aliphatic carbocycles. The molecule has 0 spiro atoms. The van der Waals surface area contributed by atoms with E-state index in [9.17, 15) is 0 Å². The average Bonchev–Trinajstić information content (AvgIpc) is 2.45. The van der Waals surface area contributed by atoms with Gasteiger partial charge in [-0.05, 0) is 30.2 Å². The highest BCUT2D eigenvalue weighted by Crippen LogP contribution is 2.12. The lowest BCUT2D eigenvalue weighted by Gasteiger charge is -2.05. The normalized spacial score (nSPS) is 12.5. The lowest BCUT2D eigenvalue weighted by atomic mass is 10.0. The van der Waals surface area contributed by atoms with Crippen LogP contribution in [0.5, 0.6) is 0 Å². The summed E-state index contributed by atoms with van der Waals surface area (Å²) in [6, 6.07) is 18.2. The summed E-state index contributed by atoms with van der Waals surface area (Å²) in [5, 5.41) is 0. The molecule has 2 heteroatoms. The first-order valence-electron chi connectivity index (χ1n) is 6.27. The highest BCUT2D eigenvalue weighted by Gasteiger charge is 2.02. The van der Waals surface area contributed by atoms with Gasteiger partial charge in [0, 0.05) is 12.7 Å². The van der Waals surface area contributed by atoms with Gasteiger partial charge in [-0.2, -0.15) is 0 Å². The van der Waals surface area contributed by atoms with E-state index in [0.717, 1.165) is 22.5 Å². The van der Waals surface area contributed by atoms with Crippen molar-refractivity contribution in [1.82, 2.24) is 0 Å². The summed E-state index contributed by atoms with van der Waals surface area (Å²) in [6.07, 6.45) is 1.92. The van der Waals surface area contributed by atoms with Crippen LogP contribution in [-0.4, -0.2) is 12.8 Å². The third-order valence-corrected chi connectivity index (χ3v) is 2.95. The minimum atomic E-state index is 0.725. The van der Waals surface area contributed by atoms with Gasteiger partial charge in [-0.3, -0.25) is 4.99 Å². The third-order valence-electron chi connectivity index (χ3n) is 2.95. The van der Waals surface area contributed by atoms with Crippen molar-refractivity contribution < 1.29 is 0 Å². The van der Waals surface area contributed by atoms with E-state index in [1.807, 2.05) is 48.5 Å². The van der Waals surface area contributed by atoms with Crippen LogP contribution in [0.15, 0.2) is 65.7 Å². The Hall–Kier alpha value is -2.35. The van der Waals surface area contributed by atoms with Crippen molar-refractivity contribution in [2.75, 3.05) is 7.05 Å². The fraction of sp³-hybridized carbons (Fsp3) is 0.118. The van der Waals surface area contributed by atoms with E-state index < -0.39 is 0 Å². The van der Waals surface area contributed by atoms with E-state index in [1.54, 1.807) is 7.05 Å². The maximum absolute atomic E-state index is 6.13. The standard InChI is InChI=1S/C17H18N2/c1-13-7-6-10-15(11-13)17(19-2)12-16(18)14-8-4-3-5-9-14/h3-12H,18H2,1-2H3. The zero-order valence-electron chi connectivity index (χ0n) is 11.3. The lowest BCUT2D eigenvalue weighted by molar-refractivity contribution is 1.40. The van der Waals surface area contributed by atoms with Gasteiger partial charge >= 0.3 is 0 Å². The van der Waals surface area contributed by atoms with Crippen LogP contribution >= 0.6 is 0 Å². The number of hydrogen-bond acceptors (Lipinski definition) is 2. The first kappa shape index (κ1) is 13.1. The Morgan fingerprint density at radius 3 is 2.32 bits per heavy atom. The molecule has 0 atom stereocenters. The zero-order chi connectivity index (χ0) is 13.7. The number of nitrogens with two attached hydrogens (primary N) is 1. The molecule has 0 aliphatic heterocycles. The summed E-state index contributed by atoms with van der Waals surface area (Å²) in [5.41, 5.74) is 11.1. The molecule has 2 rings (SSSR count). The van der Waals surface area contributed by atoms with Crippen LogP contribution in [0.4, 0.5) is 0 Å². The summed E-state index contributed by atoms with van der Waals surface area (Å²) < 4.78 is 0. The molecule has 0 aromatic heterocycles. The van der Waals surface area contributed by atoms with E-state index in [2.05, 4.69) is 24.0 Å². The van der Waals surface area contributed by atoms with Gasteiger partial charge in [0.2, 0.25) is 0 Å². The predicted octanol–water partition coefficient (Wildman–Crippen LogP) is 3.41. The molecule has 2 nitrogen and oxygen atoms in total. The molecule has 0 saturated heterocycles. The van der Waals surface area contributed by atoms with Crippen molar-refractivity contribution in [2.24, 2.45) is 10.7 Å². The van der Waals surface area contributed by atoms with E-state index in [1.165, 1.54) is 5.56 Å². The monoisotopic (exact) mass is 250 g/mol. The quantitative estimate of drug-likeness (QED) is 0.833. The third kappa shape index (κ3) is 3.32. The number of aliphatic imine (C=N–C) groups is 1. The molecule has 0 radical (unpaired) electrons. The summed E-state index contributed by atoms with van der Waals surface area (Å²) >= 11 is 0. The highest BCUT2D eigenvalue weighted by atomic mass is 14.7. The second-order valence-corrected chi connectivity index (χ2v) is 4.44. The predicted molar refractivity (Wildman–Crippen MR) is 82.2 cm³/mol. The van der Waals surface area contributed by atoms with E-state index in [-0.39, 0.29) is 0 Å². The van der Waals surface area contributed by atoms with Crippen LogP contribution in [0.25, 0.3) is 5.70 Å². The van der Waals surface area contributed by atoms with Crippen molar-refractivity contribution in [3.8, 4) is 0 Å². The molecule has 0 fully saturated rings. The molecule has 0 aliphatic rings. The minimum absolute atomic E-state index is 0.725. The van der Waals surface area contributed by atoms with Crippen molar-refractivity contribution in [1.29, 1.82) is 0 Å². The number of aryl methyl sites for hydroxylation is 1. The van der Waals surface area contributed by atoms with Gasteiger partial charge in [0.05, 0.1) is 5.71 Å². The molecule has 0 heterocycles. The Kier molecular flexibility index (Phi) is 4.14. The van der Waals surface area contributed by atoms with Gasteiger partial charge in [-0.25, -0.2) is 0 Å². The summed E-state index contributed by atoms with van der Waals surface area (Å²) in [6.45, 7) is 2.07. The second kappa shape index (κ2) is 6.01. The maximum atomic E-state index is 6.13. The first-order chi connectivity index (χ1) is 9.20. The fourth-order valence-electron chi connectivity index (χ4n) is 1.94. The van der Waals surface area contributed by atoms with Gasteiger partial charge in [0.15, 0.2) is 0 Å². The van der Waals surface area contributed by atoms with Crippen molar-refractivity contribution >= 4 is 11.4 Å². The van der Waals surface area contributed by atoms with Crippen LogP contribution in [-0.2, 0) is 0 Å². The smallest absolute Gasteiger partial charge is 0.0663 e. The maximum Gasteiger partial charge on any atom is 0.0663 e. The van der Waals surface area contributed by atoms with Gasteiger partial charge < -0.3 is 5.73 Å². The van der Waals surface area contributed by atoms with Crippen molar-refractivity contribution in [2.45, 2.75) is 6.92 Å². The first-order valence-corrected chi connectivity index (χ1v) is 6.27. The highest BCUT2D eigenvalue weighted by molar-refractivity contribution is 6.12. The van der Waals surface area contributed by atoms with Gasteiger partial charge in [-0.15, -0.1) is 0 Å². The molecule has 0 unspecified atom stereocenters. The van der Waals surface area contributed by atoms with Crippen LogP contribution < -0.4 is 5.73 Å². The SMILES string of the molecule is CN=C(C=C(N)c1ccccc1)c1cccc(C)c1. The van der Waals surface area contributed by atoms with E-state index >= 15 is 0 Å². The zero-order valence-corrected chi connectivity index (χ0v) is 11.3. The van der Waals surface area contributed by atoms with E-state index in [0.29, 0.717) is 0 Å². The molecular formula is C17H18N2. The number of benzene rings is 2. The number of allylic oxidation sites excluding steroid dienone is 1. The molecular weight excluding hydrogens is 232 g/mol. The number of rotatable bonds is 3. The number of hydrogen-bond donors (Lipinski definition) is 1. The molecule has 0 saturated carbocycles. The van der Waals surface area contributed by atoms with Gasteiger partial charge in [-0.1, -0.05) is 54.1 Å². The molecule has 0 bridgehead atoms. The van der Waals surface area contributed by atoms with Crippen molar-refractivity contribution in [3.63, 3.8) is 0 Å². The van der Waals surface area contributed by atoms with Gasteiger partial charge in [0.1, 0.15) is 0 Å². The molecule has 2 N–H and O–H groups in total. The lowest BCUT2D eigenvalue weighted by Crippen LogP contribution is -2.03. The van der Waals surface area contributed by atoms with Crippen LogP contribution in [0.1, 0.15) is 16.7 Å². The molecule has 96 valence electrons. The second-order valence-electron chi connectivity index (χ2n) is 4.44. The van der Waals surface area contributed by atoms with Crippen molar-refractivity contribution in [3.05, 3.63) is 77.4 Å². The Labute approximate surface area is 114 Å². The summed E-state index contributed by atoms with van der Waals surface area (Å²) in [5.74, 6) is 0. The fourth-order valence-corrected chi connectivity index (χ4v) is 1.94. The number of nitrogens with zero attached hydrogens (tertiary/aromatic N) is 1. The Bertz CT molecular complexity index is 610. The van der Waals surface area contributed by atoms with Crippen LogP contribution in [0.3, 0.4) is 0 Å². The molecule has 2 aromatic carbocycles.